The van der Waals surface area contributed by atoms with Crippen LogP contribution in [0, 0.1) is 0 Å². The van der Waals surface area contributed by atoms with Crippen LogP contribution >= 0.6 is 0 Å². The molecule has 0 unspecified atom stereocenters. The molecule has 16 heavy (non-hydrogen) atoms. The SMILES string of the molecule is CC(C)(C)[Si](C)(C)OCCNc1ccn[nH]1. The highest BCUT2D eigenvalue weighted by Crippen LogP contribution is 2.36. The molecule has 1 heterocycles. The summed E-state index contributed by atoms with van der Waals surface area (Å²) in [7, 11) is -1.59. The van der Waals surface area contributed by atoms with E-state index in [4.69, 9.17) is 4.43 Å². The predicted octanol–water partition coefficient (Wildman–Crippen LogP) is 2.84. The van der Waals surface area contributed by atoms with E-state index in [2.05, 4.69) is 49.4 Å². The maximum atomic E-state index is 6.03. The zero-order chi connectivity index (χ0) is 12.2. The second-order valence-electron chi connectivity index (χ2n) is 5.51. The van der Waals surface area contributed by atoms with Gasteiger partial charge in [0.25, 0.3) is 0 Å². The van der Waals surface area contributed by atoms with Crippen LogP contribution in [0.3, 0.4) is 0 Å². The van der Waals surface area contributed by atoms with Gasteiger partial charge in [0.15, 0.2) is 8.32 Å². The molecule has 1 aromatic rings. The van der Waals surface area contributed by atoms with Crippen molar-refractivity contribution in [1.29, 1.82) is 0 Å². The Morgan fingerprint density at radius 1 is 1.44 bits per heavy atom. The van der Waals surface area contributed by atoms with Crippen molar-refractivity contribution >= 4 is 14.1 Å². The first-order valence-electron chi connectivity index (χ1n) is 5.70. The van der Waals surface area contributed by atoms with Crippen molar-refractivity contribution in [3.63, 3.8) is 0 Å². The quantitative estimate of drug-likeness (QED) is 0.615. The topological polar surface area (TPSA) is 49.9 Å². The minimum atomic E-state index is -1.59. The lowest BCUT2D eigenvalue weighted by Crippen LogP contribution is -2.41. The summed E-state index contributed by atoms with van der Waals surface area (Å²) in [5.41, 5.74) is 0. The first-order chi connectivity index (χ1) is 7.33. The van der Waals surface area contributed by atoms with Gasteiger partial charge in [0.05, 0.1) is 12.8 Å². The molecular weight excluding hydrogens is 218 g/mol. The van der Waals surface area contributed by atoms with Crippen molar-refractivity contribution < 1.29 is 4.43 Å². The molecule has 2 N–H and O–H groups in total. The summed E-state index contributed by atoms with van der Waals surface area (Å²) in [5.74, 6) is 0.943. The van der Waals surface area contributed by atoms with Gasteiger partial charge < -0.3 is 9.74 Å². The van der Waals surface area contributed by atoms with E-state index < -0.39 is 8.32 Å². The maximum absolute atomic E-state index is 6.03. The number of aromatic amines is 1. The molecule has 0 atom stereocenters. The Balaban J connectivity index is 2.25. The van der Waals surface area contributed by atoms with E-state index in [-0.39, 0.29) is 5.04 Å². The van der Waals surface area contributed by atoms with Crippen LogP contribution in [0.4, 0.5) is 5.82 Å². The highest BCUT2D eigenvalue weighted by Gasteiger charge is 2.36. The lowest BCUT2D eigenvalue weighted by molar-refractivity contribution is 0.301. The zero-order valence-electron chi connectivity index (χ0n) is 10.9. The molecular formula is C11H23N3OSi. The molecule has 0 aliphatic rings. The Bertz CT molecular complexity index is 304. The third-order valence-corrected chi connectivity index (χ3v) is 7.73. The lowest BCUT2D eigenvalue weighted by atomic mass is 10.2. The van der Waals surface area contributed by atoms with Crippen LogP contribution in [-0.4, -0.2) is 31.7 Å². The number of rotatable bonds is 5. The number of nitrogens with one attached hydrogen (secondary N) is 2. The van der Waals surface area contributed by atoms with E-state index in [0.29, 0.717) is 0 Å². The largest absolute Gasteiger partial charge is 0.415 e. The van der Waals surface area contributed by atoms with Gasteiger partial charge in [0, 0.05) is 6.54 Å². The van der Waals surface area contributed by atoms with Gasteiger partial charge in [-0.1, -0.05) is 20.8 Å². The van der Waals surface area contributed by atoms with Gasteiger partial charge in [0.2, 0.25) is 0 Å². The smallest absolute Gasteiger partial charge is 0.192 e. The molecule has 0 spiro atoms. The van der Waals surface area contributed by atoms with Crippen molar-refractivity contribution in [1.82, 2.24) is 10.2 Å². The molecule has 0 amide bonds. The second kappa shape index (κ2) is 5.01. The van der Waals surface area contributed by atoms with Gasteiger partial charge in [-0.05, 0) is 24.2 Å². The van der Waals surface area contributed by atoms with Crippen LogP contribution in [0.25, 0.3) is 0 Å². The molecule has 1 rings (SSSR count). The molecule has 4 nitrogen and oxygen atoms in total. The number of anilines is 1. The molecule has 0 radical (unpaired) electrons. The fourth-order valence-electron chi connectivity index (χ4n) is 1.06. The van der Waals surface area contributed by atoms with Gasteiger partial charge >= 0.3 is 0 Å². The van der Waals surface area contributed by atoms with Crippen molar-refractivity contribution in [2.24, 2.45) is 0 Å². The number of hydrogen-bond acceptors (Lipinski definition) is 3. The minimum absolute atomic E-state index is 0.279. The van der Waals surface area contributed by atoms with Crippen LogP contribution in [0.2, 0.25) is 18.1 Å². The first kappa shape index (κ1) is 13.3. The van der Waals surface area contributed by atoms with Gasteiger partial charge in [-0.2, -0.15) is 5.10 Å². The van der Waals surface area contributed by atoms with Crippen molar-refractivity contribution in [3.05, 3.63) is 12.3 Å². The summed E-state index contributed by atoms with van der Waals surface area (Å²) < 4.78 is 6.03. The lowest BCUT2D eigenvalue weighted by Gasteiger charge is -2.36. The van der Waals surface area contributed by atoms with Gasteiger partial charge in [0.1, 0.15) is 5.82 Å². The minimum Gasteiger partial charge on any atom is -0.415 e. The molecule has 0 aliphatic carbocycles. The van der Waals surface area contributed by atoms with Crippen LogP contribution < -0.4 is 5.32 Å². The third kappa shape index (κ3) is 3.64. The van der Waals surface area contributed by atoms with Gasteiger partial charge in [-0.25, -0.2) is 0 Å². The van der Waals surface area contributed by atoms with Gasteiger partial charge in [-0.15, -0.1) is 0 Å². The van der Waals surface area contributed by atoms with Crippen molar-refractivity contribution in [2.45, 2.75) is 38.9 Å². The fourth-order valence-corrected chi connectivity index (χ4v) is 2.11. The van der Waals surface area contributed by atoms with E-state index in [1.54, 1.807) is 6.20 Å². The molecule has 0 bridgehead atoms. The summed E-state index contributed by atoms with van der Waals surface area (Å²) in [4.78, 5) is 0. The summed E-state index contributed by atoms with van der Waals surface area (Å²) in [5, 5.41) is 10.2. The summed E-state index contributed by atoms with van der Waals surface area (Å²) in [6.45, 7) is 12.8. The molecule has 92 valence electrons. The average molecular weight is 241 g/mol. The number of hydrogen-bond donors (Lipinski definition) is 2. The molecule has 0 aliphatic heterocycles. The first-order valence-corrected chi connectivity index (χ1v) is 8.61. The van der Waals surface area contributed by atoms with Crippen LogP contribution in [-0.2, 0) is 4.43 Å². The molecule has 0 saturated carbocycles. The number of nitrogens with zero attached hydrogens (tertiary/aromatic N) is 1. The Morgan fingerprint density at radius 2 is 2.12 bits per heavy atom. The highest BCUT2D eigenvalue weighted by atomic mass is 28.4. The van der Waals surface area contributed by atoms with Crippen LogP contribution in [0.15, 0.2) is 12.3 Å². The van der Waals surface area contributed by atoms with Crippen molar-refractivity contribution in [2.75, 3.05) is 18.5 Å². The highest BCUT2D eigenvalue weighted by molar-refractivity contribution is 6.74. The van der Waals surface area contributed by atoms with Crippen LogP contribution in [0.1, 0.15) is 20.8 Å². The van der Waals surface area contributed by atoms with Crippen molar-refractivity contribution in [3.8, 4) is 0 Å². The number of aromatic nitrogens is 2. The van der Waals surface area contributed by atoms with E-state index in [0.717, 1.165) is 19.0 Å². The molecule has 0 fully saturated rings. The summed E-state index contributed by atoms with van der Waals surface area (Å²) in [6.07, 6.45) is 1.73. The standard InChI is InChI=1S/C11H23N3OSi/c1-11(2,3)16(4,5)15-9-8-12-10-6-7-13-14-10/h6-7H,8-9H2,1-5H3,(H2,12,13,14). The summed E-state index contributed by atoms with van der Waals surface area (Å²) >= 11 is 0. The molecule has 1 aromatic heterocycles. The normalized spacial score (nSPS) is 12.8. The van der Waals surface area contributed by atoms with E-state index in [1.165, 1.54) is 0 Å². The second-order valence-corrected chi connectivity index (χ2v) is 10.3. The molecule has 0 saturated heterocycles. The average Bonchev–Trinajstić information content (AvgIpc) is 2.63. The Kier molecular flexibility index (Phi) is 4.15. The Morgan fingerprint density at radius 3 is 2.62 bits per heavy atom. The van der Waals surface area contributed by atoms with Crippen LogP contribution in [0.5, 0.6) is 0 Å². The Labute approximate surface area is 98.9 Å². The van der Waals surface area contributed by atoms with E-state index in [9.17, 15) is 0 Å². The Hall–Kier alpha value is -0.813. The fraction of sp³-hybridized carbons (Fsp3) is 0.727. The maximum Gasteiger partial charge on any atom is 0.192 e. The monoisotopic (exact) mass is 241 g/mol. The zero-order valence-corrected chi connectivity index (χ0v) is 11.9. The molecule has 0 aromatic carbocycles. The van der Waals surface area contributed by atoms with E-state index >= 15 is 0 Å². The summed E-state index contributed by atoms with van der Waals surface area (Å²) in [6, 6.07) is 1.91. The number of H-pyrrole nitrogens is 1. The predicted molar refractivity (Wildman–Crippen MR) is 70.2 cm³/mol. The van der Waals surface area contributed by atoms with E-state index in [1.807, 2.05) is 6.07 Å². The van der Waals surface area contributed by atoms with Gasteiger partial charge in [-0.3, -0.25) is 5.10 Å². The third-order valence-electron chi connectivity index (χ3n) is 3.19. The molecule has 5 heteroatoms.